The number of aliphatic hydroxyl groups is 1. The van der Waals surface area contributed by atoms with Crippen LogP contribution in [0.3, 0.4) is 0 Å². The molecule has 0 amide bonds. The predicted octanol–water partition coefficient (Wildman–Crippen LogP) is 1.18. The third-order valence-corrected chi connectivity index (χ3v) is 1.40. The predicted molar refractivity (Wildman–Crippen MR) is 42.3 cm³/mol. The van der Waals surface area contributed by atoms with Gasteiger partial charge >= 0.3 is 5.97 Å². The first-order chi connectivity index (χ1) is 5.18. The maximum absolute atomic E-state index is 10.2. The van der Waals surface area contributed by atoms with E-state index in [0.29, 0.717) is 5.57 Å². The molecule has 0 heterocycles. The van der Waals surface area contributed by atoms with Crippen molar-refractivity contribution < 1.29 is 15.0 Å². The van der Waals surface area contributed by atoms with Gasteiger partial charge in [0.2, 0.25) is 0 Å². The maximum atomic E-state index is 10.2. The lowest BCUT2D eigenvalue weighted by Gasteiger charge is -1.93. The Morgan fingerprint density at radius 1 is 1.45 bits per heavy atom. The number of allylic oxidation sites excluding steroid dienone is 1. The molecule has 64 valence electrons. The maximum Gasteiger partial charge on any atom is 0.330 e. The van der Waals surface area contributed by atoms with Gasteiger partial charge in [0.25, 0.3) is 0 Å². The van der Waals surface area contributed by atoms with E-state index in [1.807, 2.05) is 0 Å². The van der Waals surface area contributed by atoms with E-state index in [9.17, 15) is 4.79 Å². The minimum atomic E-state index is -0.867. The molecule has 0 saturated heterocycles. The number of aliphatic hydroxyl groups excluding tert-OH is 1. The van der Waals surface area contributed by atoms with E-state index >= 15 is 0 Å². The van der Waals surface area contributed by atoms with E-state index < -0.39 is 5.97 Å². The topological polar surface area (TPSA) is 57.5 Å². The lowest BCUT2D eigenvalue weighted by atomic mass is 10.2. The minimum Gasteiger partial charge on any atom is -0.478 e. The van der Waals surface area contributed by atoms with Crippen LogP contribution in [-0.2, 0) is 4.79 Å². The van der Waals surface area contributed by atoms with Gasteiger partial charge in [-0.15, -0.1) is 0 Å². The first kappa shape index (κ1) is 10.2. The van der Waals surface area contributed by atoms with Crippen molar-refractivity contribution >= 4 is 5.97 Å². The molecule has 0 unspecified atom stereocenters. The van der Waals surface area contributed by atoms with E-state index in [2.05, 4.69) is 0 Å². The molecule has 0 aliphatic carbocycles. The van der Waals surface area contributed by atoms with Gasteiger partial charge in [0.1, 0.15) is 0 Å². The van der Waals surface area contributed by atoms with Gasteiger partial charge in [-0.3, -0.25) is 0 Å². The molecule has 0 fully saturated rings. The number of unbranched alkanes of at least 4 members (excludes halogenated alkanes) is 2. The Morgan fingerprint density at radius 2 is 2.09 bits per heavy atom. The quantitative estimate of drug-likeness (QED) is 0.466. The van der Waals surface area contributed by atoms with Crippen molar-refractivity contribution in [1.29, 1.82) is 0 Å². The summed E-state index contributed by atoms with van der Waals surface area (Å²) >= 11 is 0. The number of hydrogen-bond acceptors (Lipinski definition) is 2. The van der Waals surface area contributed by atoms with Crippen molar-refractivity contribution in [3.63, 3.8) is 0 Å². The van der Waals surface area contributed by atoms with Crippen molar-refractivity contribution in [2.24, 2.45) is 0 Å². The van der Waals surface area contributed by atoms with Crippen LogP contribution in [0.15, 0.2) is 11.6 Å². The smallest absolute Gasteiger partial charge is 0.330 e. The Kier molecular flexibility index (Phi) is 5.47. The first-order valence-corrected chi connectivity index (χ1v) is 3.69. The van der Waals surface area contributed by atoms with Crippen molar-refractivity contribution in [3.8, 4) is 0 Å². The standard InChI is InChI=1S/C8H14O3/c1-7(8(10)11)5-3-2-4-6-9/h5,9H,2-4,6H2,1H3,(H,10,11)/b7-5+. The van der Waals surface area contributed by atoms with Crippen molar-refractivity contribution in [3.05, 3.63) is 11.6 Å². The molecule has 0 aliphatic heterocycles. The van der Waals surface area contributed by atoms with Gasteiger partial charge < -0.3 is 10.2 Å². The van der Waals surface area contributed by atoms with E-state index in [4.69, 9.17) is 10.2 Å². The molecule has 3 heteroatoms. The number of carboxylic acids is 1. The molecule has 11 heavy (non-hydrogen) atoms. The Morgan fingerprint density at radius 3 is 2.55 bits per heavy atom. The Hall–Kier alpha value is -0.830. The summed E-state index contributed by atoms with van der Waals surface area (Å²) in [5.74, 6) is -0.867. The highest BCUT2D eigenvalue weighted by atomic mass is 16.4. The van der Waals surface area contributed by atoms with E-state index in [-0.39, 0.29) is 6.61 Å². The van der Waals surface area contributed by atoms with Gasteiger partial charge in [0.05, 0.1) is 0 Å². The van der Waals surface area contributed by atoms with Gasteiger partial charge in [-0.1, -0.05) is 6.08 Å². The highest BCUT2D eigenvalue weighted by Gasteiger charge is 1.96. The molecular formula is C8H14O3. The summed E-state index contributed by atoms with van der Waals surface area (Å²) in [6.45, 7) is 1.75. The number of carbonyl (C=O) groups is 1. The second kappa shape index (κ2) is 5.92. The van der Waals surface area contributed by atoms with Crippen LogP contribution in [-0.4, -0.2) is 22.8 Å². The summed E-state index contributed by atoms with van der Waals surface area (Å²) in [7, 11) is 0. The zero-order chi connectivity index (χ0) is 8.69. The fraction of sp³-hybridized carbons (Fsp3) is 0.625. The molecule has 0 atom stereocenters. The molecule has 0 aromatic carbocycles. The summed E-state index contributed by atoms with van der Waals surface area (Å²) in [4.78, 5) is 10.2. The molecule has 0 radical (unpaired) electrons. The molecule has 0 aromatic heterocycles. The Labute approximate surface area is 66.4 Å². The summed E-state index contributed by atoms with van der Waals surface area (Å²) in [5.41, 5.74) is 0.378. The molecular weight excluding hydrogens is 144 g/mol. The van der Waals surface area contributed by atoms with Crippen LogP contribution in [0.4, 0.5) is 0 Å². The fourth-order valence-corrected chi connectivity index (χ4v) is 0.662. The number of aliphatic carboxylic acids is 1. The highest BCUT2D eigenvalue weighted by Crippen LogP contribution is 2.00. The summed E-state index contributed by atoms with van der Waals surface area (Å²) in [6, 6.07) is 0. The van der Waals surface area contributed by atoms with Crippen LogP contribution >= 0.6 is 0 Å². The molecule has 2 N–H and O–H groups in total. The normalized spacial score (nSPS) is 11.6. The molecule has 0 aromatic rings. The molecule has 0 spiro atoms. The number of hydrogen-bond donors (Lipinski definition) is 2. The molecule has 3 nitrogen and oxygen atoms in total. The van der Waals surface area contributed by atoms with Gasteiger partial charge in [0, 0.05) is 12.2 Å². The van der Waals surface area contributed by atoms with E-state index in [1.165, 1.54) is 0 Å². The third kappa shape index (κ3) is 5.61. The third-order valence-electron chi connectivity index (χ3n) is 1.40. The monoisotopic (exact) mass is 158 g/mol. The lowest BCUT2D eigenvalue weighted by molar-refractivity contribution is -0.132. The van der Waals surface area contributed by atoms with Crippen LogP contribution in [0.25, 0.3) is 0 Å². The van der Waals surface area contributed by atoms with Gasteiger partial charge in [-0.05, 0) is 26.2 Å². The zero-order valence-corrected chi connectivity index (χ0v) is 6.71. The molecule has 0 aliphatic rings. The second-order valence-electron chi connectivity index (χ2n) is 2.41. The lowest BCUT2D eigenvalue weighted by Crippen LogP contribution is -1.95. The molecule has 0 saturated carbocycles. The van der Waals surface area contributed by atoms with E-state index in [0.717, 1.165) is 19.3 Å². The number of carboxylic acid groups (broad SMARTS) is 1. The Balaban J connectivity index is 3.48. The fourth-order valence-electron chi connectivity index (χ4n) is 0.662. The van der Waals surface area contributed by atoms with Crippen molar-refractivity contribution in [1.82, 2.24) is 0 Å². The Bertz CT molecular complexity index is 149. The largest absolute Gasteiger partial charge is 0.478 e. The van der Waals surface area contributed by atoms with Crippen molar-refractivity contribution in [2.75, 3.05) is 6.61 Å². The van der Waals surface area contributed by atoms with Crippen LogP contribution in [0.1, 0.15) is 26.2 Å². The zero-order valence-electron chi connectivity index (χ0n) is 6.71. The van der Waals surface area contributed by atoms with E-state index in [1.54, 1.807) is 13.0 Å². The van der Waals surface area contributed by atoms with Gasteiger partial charge in [-0.25, -0.2) is 4.79 Å². The molecule has 0 bridgehead atoms. The summed E-state index contributed by atoms with van der Waals surface area (Å²) in [6.07, 6.45) is 4.00. The van der Waals surface area contributed by atoms with Gasteiger partial charge in [-0.2, -0.15) is 0 Å². The minimum absolute atomic E-state index is 0.181. The molecule has 0 rings (SSSR count). The van der Waals surface area contributed by atoms with Crippen LogP contribution in [0.5, 0.6) is 0 Å². The average Bonchev–Trinajstić information content (AvgIpc) is 1.97. The van der Waals surface area contributed by atoms with Crippen molar-refractivity contribution in [2.45, 2.75) is 26.2 Å². The van der Waals surface area contributed by atoms with Crippen LogP contribution < -0.4 is 0 Å². The second-order valence-corrected chi connectivity index (χ2v) is 2.41. The summed E-state index contributed by atoms with van der Waals surface area (Å²) in [5, 5.41) is 16.8. The average molecular weight is 158 g/mol. The van der Waals surface area contributed by atoms with Crippen LogP contribution in [0, 0.1) is 0 Å². The van der Waals surface area contributed by atoms with Gasteiger partial charge in [0.15, 0.2) is 0 Å². The first-order valence-electron chi connectivity index (χ1n) is 3.69. The highest BCUT2D eigenvalue weighted by molar-refractivity contribution is 5.85. The number of rotatable bonds is 5. The SMILES string of the molecule is C/C(=C\CCCCO)C(=O)O. The summed E-state index contributed by atoms with van der Waals surface area (Å²) < 4.78 is 0. The van der Waals surface area contributed by atoms with Crippen LogP contribution in [0.2, 0.25) is 0 Å².